The highest BCUT2D eigenvalue weighted by Gasteiger charge is 2.13. The number of carbonyl (C=O) groups is 3. The van der Waals surface area contributed by atoms with Gasteiger partial charge in [0.2, 0.25) is 0 Å². The van der Waals surface area contributed by atoms with Crippen molar-refractivity contribution in [3.8, 4) is 5.75 Å². The van der Waals surface area contributed by atoms with Crippen molar-refractivity contribution in [3.05, 3.63) is 59.7 Å². The average Bonchev–Trinajstić information content (AvgIpc) is 2.66. The molecule has 0 aliphatic heterocycles. The summed E-state index contributed by atoms with van der Waals surface area (Å²) in [6, 6.07) is 13.1. The third-order valence-electron chi connectivity index (χ3n) is 3.47. The Hall–Kier alpha value is -3.15. The summed E-state index contributed by atoms with van der Waals surface area (Å²) in [5.74, 6) is -0.425. The second-order valence-corrected chi connectivity index (χ2v) is 5.18. The number of carbonyl (C=O) groups excluding carboxylic acids is 3. The number of anilines is 1. The molecule has 0 spiro atoms. The van der Waals surface area contributed by atoms with Crippen molar-refractivity contribution in [1.29, 1.82) is 0 Å². The van der Waals surface area contributed by atoms with Crippen molar-refractivity contribution < 1.29 is 23.9 Å². The normalized spacial score (nSPS) is 10.0. The molecule has 0 saturated heterocycles. The fourth-order valence-corrected chi connectivity index (χ4v) is 2.16. The Bertz CT molecular complexity index is 768. The van der Waals surface area contributed by atoms with Crippen LogP contribution in [-0.2, 0) is 9.53 Å². The summed E-state index contributed by atoms with van der Waals surface area (Å²) in [6.45, 7) is 1.57. The molecule has 1 N–H and O–H groups in total. The molecule has 0 bridgehead atoms. The second kappa shape index (κ2) is 8.63. The molecule has 0 aliphatic carbocycles. The summed E-state index contributed by atoms with van der Waals surface area (Å²) in [5, 5.41) is 2.62. The van der Waals surface area contributed by atoms with E-state index in [1.165, 1.54) is 7.11 Å². The van der Waals surface area contributed by atoms with E-state index in [1.807, 2.05) is 0 Å². The van der Waals surface area contributed by atoms with Crippen molar-refractivity contribution in [2.45, 2.75) is 13.3 Å². The number of methoxy groups -OCH3 is 1. The molecular weight excluding hydrogens is 322 g/mol. The minimum atomic E-state index is -0.534. The van der Waals surface area contributed by atoms with Crippen LogP contribution >= 0.6 is 0 Å². The number of hydrogen-bond acceptors (Lipinski definition) is 5. The Balaban J connectivity index is 1.95. The van der Waals surface area contributed by atoms with E-state index in [0.29, 0.717) is 23.4 Å². The molecule has 0 saturated carbocycles. The predicted octanol–water partition coefficient (Wildman–Crippen LogP) is 3.08. The van der Waals surface area contributed by atoms with E-state index in [4.69, 9.17) is 4.74 Å². The minimum Gasteiger partial charge on any atom is -0.484 e. The van der Waals surface area contributed by atoms with E-state index in [9.17, 15) is 14.4 Å². The summed E-state index contributed by atoms with van der Waals surface area (Å²) in [5.41, 5.74) is 1.22. The molecule has 0 aromatic heterocycles. The summed E-state index contributed by atoms with van der Waals surface area (Å²) in [7, 11) is 1.27. The summed E-state index contributed by atoms with van der Waals surface area (Å²) in [4.78, 5) is 35.3. The summed E-state index contributed by atoms with van der Waals surface area (Å²) < 4.78 is 10.1. The molecular formula is C19H19NO5. The maximum absolute atomic E-state index is 12.0. The van der Waals surface area contributed by atoms with Gasteiger partial charge in [-0.05, 0) is 36.4 Å². The number of nitrogens with one attached hydrogen (secondary N) is 1. The number of hydrogen-bond donors (Lipinski definition) is 1. The first-order chi connectivity index (χ1) is 12.0. The number of ketones is 1. The van der Waals surface area contributed by atoms with Gasteiger partial charge < -0.3 is 14.8 Å². The lowest BCUT2D eigenvalue weighted by Gasteiger charge is -2.10. The number of ether oxygens (including phenoxy) is 2. The minimum absolute atomic E-state index is 0.0451. The van der Waals surface area contributed by atoms with Crippen molar-refractivity contribution >= 4 is 23.3 Å². The lowest BCUT2D eigenvalue weighted by molar-refractivity contribution is -0.118. The van der Waals surface area contributed by atoms with E-state index in [0.717, 1.165) is 0 Å². The molecule has 2 rings (SSSR count). The zero-order chi connectivity index (χ0) is 18.2. The van der Waals surface area contributed by atoms with Gasteiger partial charge in [-0.1, -0.05) is 19.1 Å². The Labute approximate surface area is 145 Å². The fourth-order valence-electron chi connectivity index (χ4n) is 2.16. The Morgan fingerprint density at radius 1 is 1.00 bits per heavy atom. The van der Waals surface area contributed by atoms with Crippen LogP contribution in [0.3, 0.4) is 0 Å². The first kappa shape index (κ1) is 18.2. The van der Waals surface area contributed by atoms with Crippen LogP contribution in [0.2, 0.25) is 0 Å². The number of para-hydroxylation sites is 1. The first-order valence-electron chi connectivity index (χ1n) is 7.78. The molecule has 0 aliphatic rings. The van der Waals surface area contributed by atoms with Crippen LogP contribution in [0, 0.1) is 0 Å². The van der Waals surface area contributed by atoms with Gasteiger partial charge in [0.25, 0.3) is 5.91 Å². The average molecular weight is 341 g/mol. The van der Waals surface area contributed by atoms with E-state index in [2.05, 4.69) is 10.1 Å². The number of rotatable bonds is 7. The Morgan fingerprint density at radius 3 is 2.32 bits per heavy atom. The molecule has 1 amide bonds. The monoisotopic (exact) mass is 341 g/mol. The molecule has 2 aromatic rings. The van der Waals surface area contributed by atoms with Crippen LogP contribution in [0.25, 0.3) is 0 Å². The maximum Gasteiger partial charge on any atom is 0.339 e. The zero-order valence-corrected chi connectivity index (χ0v) is 14.1. The van der Waals surface area contributed by atoms with E-state index >= 15 is 0 Å². The van der Waals surface area contributed by atoms with Crippen LogP contribution in [0.4, 0.5) is 5.69 Å². The number of Topliss-reactive ketones (excluding diaryl/α,β-unsaturated/α-hetero) is 1. The van der Waals surface area contributed by atoms with Gasteiger partial charge in [0.1, 0.15) is 5.75 Å². The summed E-state index contributed by atoms with van der Waals surface area (Å²) >= 11 is 0. The van der Waals surface area contributed by atoms with Crippen molar-refractivity contribution in [2.75, 3.05) is 19.0 Å². The van der Waals surface area contributed by atoms with Gasteiger partial charge in [-0.3, -0.25) is 9.59 Å². The third kappa shape index (κ3) is 4.91. The van der Waals surface area contributed by atoms with Gasteiger partial charge >= 0.3 is 5.97 Å². The van der Waals surface area contributed by atoms with Gasteiger partial charge in [-0.25, -0.2) is 4.79 Å². The first-order valence-corrected chi connectivity index (χ1v) is 7.78. The van der Waals surface area contributed by atoms with Crippen LogP contribution in [0.5, 0.6) is 5.75 Å². The van der Waals surface area contributed by atoms with Gasteiger partial charge in [0, 0.05) is 12.0 Å². The standard InChI is InChI=1S/C19H19NO5/c1-3-17(21)13-8-10-14(11-9-13)25-12-18(22)20-16-7-5-4-6-15(16)19(23)24-2/h4-11H,3,12H2,1-2H3,(H,20,22). The van der Waals surface area contributed by atoms with Crippen molar-refractivity contribution in [1.82, 2.24) is 0 Å². The van der Waals surface area contributed by atoms with E-state index in [-0.39, 0.29) is 18.0 Å². The highest BCUT2D eigenvalue weighted by atomic mass is 16.5. The number of esters is 1. The Kier molecular flexibility index (Phi) is 6.28. The Morgan fingerprint density at radius 2 is 1.68 bits per heavy atom. The molecule has 6 nitrogen and oxygen atoms in total. The smallest absolute Gasteiger partial charge is 0.339 e. The summed E-state index contributed by atoms with van der Waals surface area (Å²) in [6.07, 6.45) is 0.433. The van der Waals surface area contributed by atoms with Crippen LogP contribution < -0.4 is 10.1 Å². The largest absolute Gasteiger partial charge is 0.484 e. The SMILES string of the molecule is CCC(=O)c1ccc(OCC(=O)Nc2ccccc2C(=O)OC)cc1. The van der Waals surface area contributed by atoms with Crippen molar-refractivity contribution in [3.63, 3.8) is 0 Å². The van der Waals surface area contributed by atoms with Gasteiger partial charge in [-0.2, -0.15) is 0 Å². The lowest BCUT2D eigenvalue weighted by Crippen LogP contribution is -2.21. The quantitative estimate of drug-likeness (QED) is 0.618. The van der Waals surface area contributed by atoms with Gasteiger partial charge in [0.15, 0.2) is 12.4 Å². The molecule has 0 unspecified atom stereocenters. The van der Waals surface area contributed by atoms with Crippen molar-refractivity contribution in [2.24, 2.45) is 0 Å². The number of amides is 1. The van der Waals surface area contributed by atoms with Crippen LogP contribution in [0.1, 0.15) is 34.1 Å². The topological polar surface area (TPSA) is 81.7 Å². The number of benzene rings is 2. The highest BCUT2D eigenvalue weighted by molar-refractivity contribution is 6.01. The van der Waals surface area contributed by atoms with Gasteiger partial charge in [0.05, 0.1) is 18.4 Å². The van der Waals surface area contributed by atoms with E-state index < -0.39 is 11.9 Å². The zero-order valence-electron chi connectivity index (χ0n) is 14.1. The lowest BCUT2D eigenvalue weighted by atomic mass is 10.1. The second-order valence-electron chi connectivity index (χ2n) is 5.18. The molecule has 130 valence electrons. The molecule has 2 aromatic carbocycles. The molecule has 0 fully saturated rings. The highest BCUT2D eigenvalue weighted by Crippen LogP contribution is 2.17. The molecule has 6 heteroatoms. The molecule has 0 heterocycles. The predicted molar refractivity (Wildman–Crippen MR) is 93.0 cm³/mol. The third-order valence-corrected chi connectivity index (χ3v) is 3.47. The maximum atomic E-state index is 12.0. The van der Waals surface area contributed by atoms with Crippen LogP contribution in [-0.4, -0.2) is 31.4 Å². The molecule has 0 radical (unpaired) electrons. The van der Waals surface area contributed by atoms with Crippen LogP contribution in [0.15, 0.2) is 48.5 Å². The fraction of sp³-hybridized carbons (Fsp3) is 0.211. The van der Waals surface area contributed by atoms with E-state index in [1.54, 1.807) is 55.5 Å². The van der Waals surface area contributed by atoms with Gasteiger partial charge in [-0.15, -0.1) is 0 Å². The molecule has 0 atom stereocenters. The molecule has 25 heavy (non-hydrogen) atoms.